The molecule has 0 aliphatic heterocycles. The molecule has 88 valence electrons. The first-order valence-electron chi connectivity index (χ1n) is 4.95. The van der Waals surface area contributed by atoms with Gasteiger partial charge in [-0.1, -0.05) is 12.1 Å². The molecule has 16 heavy (non-hydrogen) atoms. The fourth-order valence-corrected chi connectivity index (χ4v) is 2.33. The molecule has 0 bridgehead atoms. The molecule has 0 unspecified atom stereocenters. The molecular formula is C11H15NO3S. The number of hydrogen-bond acceptors (Lipinski definition) is 3. The van der Waals surface area contributed by atoms with Crippen LogP contribution in [0.25, 0.3) is 0 Å². The number of carbonyl (C=O) groups excluding carboxylic acids is 1. The monoisotopic (exact) mass is 241 g/mol. The van der Waals surface area contributed by atoms with Crippen LogP contribution in [0.5, 0.6) is 0 Å². The van der Waals surface area contributed by atoms with Crippen molar-refractivity contribution < 1.29 is 13.2 Å². The van der Waals surface area contributed by atoms with Crippen LogP contribution >= 0.6 is 0 Å². The number of rotatable bonds is 4. The summed E-state index contributed by atoms with van der Waals surface area (Å²) >= 11 is 0. The van der Waals surface area contributed by atoms with Crippen LogP contribution in [0, 0.1) is 0 Å². The molecule has 1 rings (SSSR count). The number of sulfone groups is 1. The number of carbonyl (C=O) groups is 1. The zero-order valence-corrected chi connectivity index (χ0v) is 10.1. The average Bonchev–Trinajstić information content (AvgIpc) is 2.17. The summed E-state index contributed by atoms with van der Waals surface area (Å²) in [7, 11) is -3.24. The molecule has 0 saturated heterocycles. The Morgan fingerprint density at radius 2 is 1.75 bits per heavy atom. The maximum absolute atomic E-state index is 11.8. The highest BCUT2D eigenvalue weighted by atomic mass is 32.2. The fraction of sp³-hybridized carbons (Fsp3) is 0.364. The molecule has 1 aromatic rings. The van der Waals surface area contributed by atoms with Gasteiger partial charge in [0.05, 0.1) is 16.6 Å². The minimum atomic E-state index is -3.24. The summed E-state index contributed by atoms with van der Waals surface area (Å²) in [6.45, 7) is 3.26. The van der Waals surface area contributed by atoms with Crippen molar-refractivity contribution in [1.29, 1.82) is 0 Å². The van der Waals surface area contributed by atoms with Gasteiger partial charge in [0.15, 0.2) is 9.84 Å². The molecule has 1 amide bonds. The molecule has 2 N–H and O–H groups in total. The average molecular weight is 241 g/mol. The van der Waals surface area contributed by atoms with Gasteiger partial charge in [-0.3, -0.25) is 4.79 Å². The topological polar surface area (TPSA) is 77.2 Å². The van der Waals surface area contributed by atoms with Crippen molar-refractivity contribution in [3.63, 3.8) is 0 Å². The fourth-order valence-electron chi connectivity index (χ4n) is 1.27. The third-order valence-electron chi connectivity index (χ3n) is 2.25. The van der Waals surface area contributed by atoms with E-state index < -0.39 is 21.0 Å². The third kappa shape index (κ3) is 2.82. The first-order valence-corrected chi connectivity index (χ1v) is 6.50. The van der Waals surface area contributed by atoms with Crippen LogP contribution in [0.1, 0.15) is 19.4 Å². The number of amides is 1. The molecule has 0 atom stereocenters. The highest BCUT2D eigenvalue weighted by Gasteiger charge is 2.18. The molecular weight excluding hydrogens is 226 g/mol. The summed E-state index contributed by atoms with van der Waals surface area (Å²) in [6, 6.07) is 6.24. The summed E-state index contributed by atoms with van der Waals surface area (Å²) in [5, 5.41) is -0.450. The van der Waals surface area contributed by atoms with Crippen LogP contribution in [0.4, 0.5) is 0 Å². The highest BCUT2D eigenvalue weighted by molar-refractivity contribution is 7.92. The predicted molar refractivity (Wildman–Crippen MR) is 61.7 cm³/mol. The second-order valence-electron chi connectivity index (χ2n) is 3.88. The second-order valence-corrected chi connectivity index (χ2v) is 6.39. The van der Waals surface area contributed by atoms with Gasteiger partial charge in [-0.2, -0.15) is 0 Å². The summed E-state index contributed by atoms with van der Waals surface area (Å²) in [5.41, 5.74) is 5.76. The standard InChI is InChI=1S/C11H15NO3S/c1-8(2)16(14,15)10-5-3-9(4-6-10)7-11(12)13/h3-6,8H,7H2,1-2H3,(H2,12,13). The van der Waals surface area contributed by atoms with Gasteiger partial charge < -0.3 is 5.73 Å². The number of hydrogen-bond donors (Lipinski definition) is 1. The normalized spacial score (nSPS) is 11.7. The van der Waals surface area contributed by atoms with Crippen LogP contribution in [-0.2, 0) is 21.1 Å². The molecule has 0 fully saturated rings. The van der Waals surface area contributed by atoms with Crippen molar-refractivity contribution in [1.82, 2.24) is 0 Å². The Morgan fingerprint density at radius 3 is 2.12 bits per heavy atom. The molecule has 0 saturated carbocycles. The van der Waals surface area contributed by atoms with Gasteiger partial charge in [-0.05, 0) is 31.5 Å². The molecule has 0 aliphatic rings. The minimum Gasteiger partial charge on any atom is -0.369 e. The third-order valence-corrected chi connectivity index (χ3v) is 4.42. The lowest BCUT2D eigenvalue weighted by atomic mass is 10.1. The van der Waals surface area contributed by atoms with Gasteiger partial charge in [0.25, 0.3) is 0 Å². The lowest BCUT2D eigenvalue weighted by Crippen LogP contribution is -2.15. The number of nitrogens with two attached hydrogens (primary N) is 1. The van der Waals surface area contributed by atoms with E-state index in [1.807, 2.05) is 0 Å². The minimum absolute atomic E-state index is 0.127. The predicted octanol–water partition coefficient (Wildman–Crippen LogP) is 0.896. The Morgan fingerprint density at radius 1 is 1.25 bits per heavy atom. The number of benzene rings is 1. The molecule has 0 aromatic heterocycles. The molecule has 0 heterocycles. The molecule has 1 aromatic carbocycles. The second kappa shape index (κ2) is 4.65. The summed E-state index contributed by atoms with van der Waals surface area (Å²) < 4.78 is 23.5. The van der Waals surface area contributed by atoms with E-state index in [1.54, 1.807) is 26.0 Å². The summed E-state index contributed by atoms with van der Waals surface area (Å²) in [6.07, 6.45) is 0.127. The van der Waals surface area contributed by atoms with Gasteiger partial charge in [0.1, 0.15) is 0 Å². The van der Waals surface area contributed by atoms with Crippen molar-refractivity contribution in [3.8, 4) is 0 Å². The Balaban J connectivity index is 3.00. The zero-order chi connectivity index (χ0) is 12.3. The van der Waals surface area contributed by atoms with Crippen LogP contribution in [0.3, 0.4) is 0 Å². The maximum atomic E-state index is 11.8. The maximum Gasteiger partial charge on any atom is 0.221 e. The number of primary amides is 1. The molecule has 4 nitrogen and oxygen atoms in total. The quantitative estimate of drug-likeness (QED) is 0.850. The Hall–Kier alpha value is -1.36. The van der Waals surface area contributed by atoms with Gasteiger partial charge in [-0.25, -0.2) is 8.42 Å². The zero-order valence-electron chi connectivity index (χ0n) is 9.30. The van der Waals surface area contributed by atoms with Crippen molar-refractivity contribution >= 4 is 15.7 Å². The Labute approximate surface area is 95.4 Å². The van der Waals surface area contributed by atoms with E-state index in [0.29, 0.717) is 0 Å². The molecule has 0 radical (unpaired) electrons. The van der Waals surface area contributed by atoms with E-state index >= 15 is 0 Å². The van der Waals surface area contributed by atoms with Crippen molar-refractivity contribution in [2.24, 2.45) is 5.73 Å². The van der Waals surface area contributed by atoms with Crippen molar-refractivity contribution in [2.75, 3.05) is 0 Å². The van der Waals surface area contributed by atoms with Gasteiger partial charge in [0.2, 0.25) is 5.91 Å². The van der Waals surface area contributed by atoms with E-state index in [4.69, 9.17) is 5.73 Å². The smallest absolute Gasteiger partial charge is 0.221 e. The van der Waals surface area contributed by atoms with Crippen LogP contribution in [0.2, 0.25) is 0 Å². The first kappa shape index (κ1) is 12.7. The van der Waals surface area contributed by atoms with E-state index in [-0.39, 0.29) is 11.3 Å². The summed E-state index contributed by atoms with van der Waals surface area (Å²) in [4.78, 5) is 10.9. The van der Waals surface area contributed by atoms with Crippen LogP contribution in [-0.4, -0.2) is 19.6 Å². The lowest BCUT2D eigenvalue weighted by Gasteiger charge is -2.08. The van der Waals surface area contributed by atoms with Gasteiger partial charge in [0, 0.05) is 0 Å². The van der Waals surface area contributed by atoms with Crippen LogP contribution in [0.15, 0.2) is 29.2 Å². The van der Waals surface area contributed by atoms with Crippen molar-refractivity contribution in [2.45, 2.75) is 30.4 Å². The largest absolute Gasteiger partial charge is 0.369 e. The van der Waals surface area contributed by atoms with Crippen molar-refractivity contribution in [3.05, 3.63) is 29.8 Å². The lowest BCUT2D eigenvalue weighted by molar-refractivity contribution is -0.117. The van der Waals surface area contributed by atoms with Gasteiger partial charge in [-0.15, -0.1) is 0 Å². The molecule has 5 heteroatoms. The van der Waals surface area contributed by atoms with E-state index in [9.17, 15) is 13.2 Å². The molecule has 0 aliphatic carbocycles. The Bertz CT molecular complexity index is 474. The first-order chi connectivity index (χ1) is 7.34. The summed E-state index contributed by atoms with van der Waals surface area (Å²) in [5.74, 6) is -0.431. The van der Waals surface area contributed by atoms with Crippen LogP contribution < -0.4 is 5.73 Å². The van der Waals surface area contributed by atoms with Gasteiger partial charge >= 0.3 is 0 Å². The SMILES string of the molecule is CC(C)S(=O)(=O)c1ccc(CC(N)=O)cc1. The van der Waals surface area contributed by atoms with E-state index in [0.717, 1.165) is 5.56 Å². The molecule has 0 spiro atoms. The van der Waals surface area contributed by atoms with E-state index in [2.05, 4.69) is 0 Å². The highest BCUT2D eigenvalue weighted by Crippen LogP contribution is 2.16. The van der Waals surface area contributed by atoms with E-state index in [1.165, 1.54) is 12.1 Å². The Kier molecular flexibility index (Phi) is 3.70.